The fourth-order valence-electron chi connectivity index (χ4n) is 2.93. The molecule has 23 heavy (non-hydrogen) atoms. The first-order valence-electron chi connectivity index (χ1n) is 7.42. The lowest BCUT2D eigenvalue weighted by atomic mass is 9.88. The molecule has 1 saturated heterocycles. The Balaban J connectivity index is 2.14. The third kappa shape index (κ3) is 4.25. The van der Waals surface area contributed by atoms with E-state index in [4.69, 9.17) is 4.74 Å². The zero-order valence-corrected chi connectivity index (χ0v) is 12.9. The van der Waals surface area contributed by atoms with E-state index in [0.717, 1.165) is 12.1 Å². The highest BCUT2D eigenvalue weighted by atomic mass is 19.3. The molecule has 0 bridgehead atoms. The van der Waals surface area contributed by atoms with Crippen molar-refractivity contribution in [3.63, 3.8) is 0 Å². The molecule has 1 atom stereocenters. The summed E-state index contributed by atoms with van der Waals surface area (Å²) in [5, 5.41) is 2.19. The van der Waals surface area contributed by atoms with Gasteiger partial charge >= 0.3 is 12.4 Å². The van der Waals surface area contributed by atoms with Crippen LogP contribution in [-0.2, 0) is 20.9 Å². The average Bonchev–Trinajstić information content (AvgIpc) is 2.55. The second kappa shape index (κ2) is 7.50. The monoisotopic (exact) mass is 326 g/mol. The van der Waals surface area contributed by atoms with Crippen molar-refractivity contribution in [1.29, 1.82) is 0 Å². The third-order valence-electron chi connectivity index (χ3n) is 3.96. The average molecular weight is 326 g/mol. The van der Waals surface area contributed by atoms with Crippen molar-refractivity contribution in [1.82, 2.24) is 10.2 Å². The molecule has 1 aliphatic rings. The van der Waals surface area contributed by atoms with E-state index in [1.54, 1.807) is 0 Å². The van der Waals surface area contributed by atoms with E-state index in [2.05, 4.69) is 5.32 Å². The molecule has 5 nitrogen and oxygen atoms in total. The number of carbonyl (C=O) groups excluding carboxylic acids is 2. The minimum atomic E-state index is -3.17. The summed E-state index contributed by atoms with van der Waals surface area (Å²) >= 11 is 0. The molecule has 1 unspecified atom stereocenters. The molecule has 0 aliphatic carbocycles. The standard InChI is InChI=1S/C16H20F2N2O3/c1-23-15(22)16(19-14(21)13(17)18)8-5-9-20(11-16)10-12-6-3-2-4-7-12/h2-4,6-7,13H,5,8-11H2,1H3,(H,19,21). The Morgan fingerprint density at radius 2 is 2.04 bits per heavy atom. The van der Waals surface area contributed by atoms with Crippen molar-refractivity contribution in [2.45, 2.75) is 31.4 Å². The van der Waals surface area contributed by atoms with Gasteiger partial charge in [-0.1, -0.05) is 30.3 Å². The fourth-order valence-corrected chi connectivity index (χ4v) is 2.93. The number of esters is 1. The van der Waals surface area contributed by atoms with Gasteiger partial charge in [0.2, 0.25) is 0 Å². The molecule has 0 saturated carbocycles. The maximum absolute atomic E-state index is 12.6. The predicted octanol–water partition coefficient (Wildman–Crippen LogP) is 1.58. The number of carbonyl (C=O) groups is 2. The van der Waals surface area contributed by atoms with Crippen molar-refractivity contribution in [2.75, 3.05) is 20.2 Å². The molecule has 7 heteroatoms. The van der Waals surface area contributed by atoms with Crippen LogP contribution >= 0.6 is 0 Å². The normalized spacial score (nSPS) is 21.9. The van der Waals surface area contributed by atoms with Gasteiger partial charge in [0.1, 0.15) is 0 Å². The fraction of sp³-hybridized carbons (Fsp3) is 0.500. The summed E-state index contributed by atoms with van der Waals surface area (Å²) in [5.74, 6) is -2.14. The van der Waals surface area contributed by atoms with Gasteiger partial charge in [0.05, 0.1) is 7.11 Å². The highest BCUT2D eigenvalue weighted by molar-refractivity contribution is 5.89. The number of alkyl halides is 2. The van der Waals surface area contributed by atoms with Crippen LogP contribution in [0.4, 0.5) is 8.78 Å². The summed E-state index contributed by atoms with van der Waals surface area (Å²) in [4.78, 5) is 25.5. The van der Waals surface area contributed by atoms with Crippen LogP contribution in [0.25, 0.3) is 0 Å². The Hall–Kier alpha value is -2.02. The van der Waals surface area contributed by atoms with E-state index in [-0.39, 0.29) is 13.0 Å². The molecule has 1 fully saturated rings. The van der Waals surface area contributed by atoms with Crippen LogP contribution in [0, 0.1) is 0 Å². The van der Waals surface area contributed by atoms with E-state index >= 15 is 0 Å². The maximum Gasteiger partial charge on any atom is 0.332 e. The number of methoxy groups -OCH3 is 1. The van der Waals surface area contributed by atoms with Gasteiger partial charge < -0.3 is 10.1 Å². The Bertz CT molecular complexity index is 554. The molecule has 2 rings (SSSR count). The van der Waals surface area contributed by atoms with Gasteiger partial charge in [0, 0.05) is 13.1 Å². The molecule has 1 amide bonds. The number of hydrogen-bond acceptors (Lipinski definition) is 4. The smallest absolute Gasteiger partial charge is 0.332 e. The van der Waals surface area contributed by atoms with E-state index in [0.29, 0.717) is 13.0 Å². The highest BCUT2D eigenvalue weighted by Crippen LogP contribution is 2.24. The van der Waals surface area contributed by atoms with Gasteiger partial charge in [-0.05, 0) is 24.9 Å². The van der Waals surface area contributed by atoms with Gasteiger partial charge in [-0.15, -0.1) is 0 Å². The maximum atomic E-state index is 12.6. The summed E-state index contributed by atoms with van der Waals surface area (Å²) in [6, 6.07) is 9.62. The number of rotatable bonds is 5. The van der Waals surface area contributed by atoms with Crippen molar-refractivity contribution < 1.29 is 23.1 Å². The molecule has 1 aromatic rings. The zero-order chi connectivity index (χ0) is 16.9. The van der Waals surface area contributed by atoms with Crippen LogP contribution < -0.4 is 5.32 Å². The lowest BCUT2D eigenvalue weighted by molar-refractivity contribution is -0.155. The molecule has 0 spiro atoms. The number of likely N-dealkylation sites (tertiary alicyclic amines) is 1. The summed E-state index contributed by atoms with van der Waals surface area (Å²) in [5.41, 5.74) is -0.372. The molecule has 126 valence electrons. The number of nitrogens with one attached hydrogen (secondary N) is 1. The van der Waals surface area contributed by atoms with Crippen molar-refractivity contribution in [3.8, 4) is 0 Å². The van der Waals surface area contributed by atoms with Crippen molar-refractivity contribution >= 4 is 11.9 Å². The predicted molar refractivity (Wildman–Crippen MR) is 79.8 cm³/mol. The van der Waals surface area contributed by atoms with E-state index in [1.165, 1.54) is 7.11 Å². The first kappa shape index (κ1) is 17.3. The second-order valence-corrected chi connectivity index (χ2v) is 5.66. The highest BCUT2D eigenvalue weighted by Gasteiger charge is 2.45. The summed E-state index contributed by atoms with van der Waals surface area (Å²) in [7, 11) is 1.19. The number of ether oxygens (including phenoxy) is 1. The summed E-state index contributed by atoms with van der Waals surface area (Å²) in [6.45, 7) is 1.44. The number of amides is 1. The second-order valence-electron chi connectivity index (χ2n) is 5.66. The molecule has 1 aromatic carbocycles. The van der Waals surface area contributed by atoms with E-state index in [1.807, 2.05) is 35.2 Å². The van der Waals surface area contributed by atoms with Gasteiger partial charge in [-0.3, -0.25) is 9.69 Å². The first-order valence-corrected chi connectivity index (χ1v) is 7.42. The number of hydrogen-bond donors (Lipinski definition) is 1. The minimum Gasteiger partial charge on any atom is -0.467 e. The number of halogens is 2. The van der Waals surface area contributed by atoms with E-state index < -0.39 is 23.8 Å². The summed E-state index contributed by atoms with van der Waals surface area (Å²) < 4.78 is 29.9. The van der Waals surface area contributed by atoms with Crippen LogP contribution in [0.2, 0.25) is 0 Å². The molecule has 0 radical (unpaired) electrons. The van der Waals surface area contributed by atoms with Crippen molar-refractivity contribution in [2.24, 2.45) is 0 Å². The Kier molecular flexibility index (Phi) is 5.65. The number of piperidine rings is 1. The number of benzene rings is 1. The van der Waals surface area contributed by atoms with Crippen LogP contribution in [-0.4, -0.2) is 48.9 Å². The Morgan fingerprint density at radius 1 is 1.35 bits per heavy atom. The van der Waals surface area contributed by atoms with Gasteiger partial charge in [-0.25, -0.2) is 4.79 Å². The topological polar surface area (TPSA) is 58.6 Å². The molecule has 0 aromatic heterocycles. The van der Waals surface area contributed by atoms with Gasteiger partial charge in [-0.2, -0.15) is 8.78 Å². The van der Waals surface area contributed by atoms with Crippen LogP contribution in [0.5, 0.6) is 0 Å². The van der Waals surface area contributed by atoms with Crippen molar-refractivity contribution in [3.05, 3.63) is 35.9 Å². The largest absolute Gasteiger partial charge is 0.467 e. The van der Waals surface area contributed by atoms with Gasteiger partial charge in [0.25, 0.3) is 5.91 Å². The third-order valence-corrected chi connectivity index (χ3v) is 3.96. The van der Waals surface area contributed by atoms with Crippen LogP contribution in [0.3, 0.4) is 0 Å². The number of nitrogens with zero attached hydrogens (tertiary/aromatic N) is 1. The van der Waals surface area contributed by atoms with Crippen LogP contribution in [0.1, 0.15) is 18.4 Å². The zero-order valence-electron chi connectivity index (χ0n) is 12.9. The lowest BCUT2D eigenvalue weighted by Crippen LogP contribution is -2.64. The Morgan fingerprint density at radius 3 is 2.65 bits per heavy atom. The molecular formula is C16H20F2N2O3. The Labute approximate surface area is 133 Å². The van der Waals surface area contributed by atoms with Gasteiger partial charge in [0.15, 0.2) is 5.54 Å². The summed E-state index contributed by atoms with van der Waals surface area (Å²) in [6.07, 6.45) is -2.28. The quantitative estimate of drug-likeness (QED) is 0.835. The van der Waals surface area contributed by atoms with E-state index in [9.17, 15) is 18.4 Å². The minimum absolute atomic E-state index is 0.146. The first-order chi connectivity index (χ1) is 11.0. The lowest BCUT2D eigenvalue weighted by Gasteiger charge is -2.41. The molecule has 1 N–H and O–H groups in total. The molecular weight excluding hydrogens is 306 g/mol. The molecule has 1 aliphatic heterocycles. The van der Waals surface area contributed by atoms with Crippen LogP contribution in [0.15, 0.2) is 30.3 Å². The molecule has 1 heterocycles. The SMILES string of the molecule is COC(=O)C1(NC(=O)C(F)F)CCCN(Cc2ccccc2)C1.